The van der Waals surface area contributed by atoms with Gasteiger partial charge in [-0.1, -0.05) is 24.3 Å². The van der Waals surface area contributed by atoms with E-state index >= 15 is 0 Å². The first kappa shape index (κ1) is 10.7. The molecule has 0 saturated heterocycles. The monoisotopic (exact) mass is 226 g/mol. The molecule has 1 heterocycles. The minimum absolute atomic E-state index is 0.819. The summed E-state index contributed by atoms with van der Waals surface area (Å²) in [6.07, 6.45) is 4.99. The first-order chi connectivity index (χ1) is 8.42. The van der Waals surface area contributed by atoms with Crippen LogP contribution in [0.25, 0.3) is 10.9 Å². The zero-order valence-electron chi connectivity index (χ0n) is 10.0. The number of pyridine rings is 1. The van der Waals surface area contributed by atoms with Crippen LogP contribution in [0.2, 0.25) is 0 Å². The number of benzene rings is 1. The molecule has 2 aromatic rings. The molecule has 1 aliphatic carbocycles. The molecule has 88 valence electrons. The van der Waals surface area contributed by atoms with Crippen LogP contribution >= 0.6 is 0 Å². The van der Waals surface area contributed by atoms with E-state index in [1.807, 2.05) is 6.07 Å². The van der Waals surface area contributed by atoms with Crippen LogP contribution in [-0.4, -0.2) is 17.6 Å². The van der Waals surface area contributed by atoms with Gasteiger partial charge in [0.25, 0.3) is 0 Å². The summed E-state index contributed by atoms with van der Waals surface area (Å²) in [5.74, 6) is 0. The maximum Gasteiger partial charge on any atom is 0.0705 e. The Labute approximate surface area is 102 Å². The molecule has 17 heavy (non-hydrogen) atoms. The van der Waals surface area contributed by atoms with E-state index in [9.17, 15) is 0 Å². The number of hydrogen-bond acceptors (Lipinski definition) is 2. The van der Waals surface area contributed by atoms with Gasteiger partial charge in [0.2, 0.25) is 0 Å². The van der Waals surface area contributed by atoms with Crippen molar-refractivity contribution in [2.45, 2.75) is 31.7 Å². The van der Waals surface area contributed by atoms with Crippen LogP contribution in [0.4, 0.5) is 0 Å². The van der Waals surface area contributed by atoms with Crippen LogP contribution in [0.3, 0.4) is 0 Å². The molecule has 0 amide bonds. The van der Waals surface area contributed by atoms with Gasteiger partial charge < -0.3 is 5.32 Å². The molecule has 0 spiro atoms. The van der Waals surface area contributed by atoms with Crippen molar-refractivity contribution in [3.8, 4) is 0 Å². The lowest BCUT2D eigenvalue weighted by atomic mass is 10.1. The van der Waals surface area contributed by atoms with Crippen molar-refractivity contribution in [1.29, 1.82) is 0 Å². The molecule has 1 saturated carbocycles. The van der Waals surface area contributed by atoms with Crippen LogP contribution in [0, 0.1) is 0 Å². The summed E-state index contributed by atoms with van der Waals surface area (Å²) in [4.78, 5) is 4.68. The predicted molar refractivity (Wildman–Crippen MR) is 71.1 cm³/mol. The van der Waals surface area contributed by atoms with E-state index in [1.165, 1.54) is 30.3 Å². The van der Waals surface area contributed by atoms with Gasteiger partial charge in [-0.3, -0.25) is 4.98 Å². The van der Waals surface area contributed by atoms with Gasteiger partial charge in [0.15, 0.2) is 0 Å². The lowest BCUT2D eigenvalue weighted by molar-refractivity contribution is 0.642. The Morgan fingerprint density at radius 2 is 2.00 bits per heavy atom. The molecule has 0 aliphatic heterocycles. The van der Waals surface area contributed by atoms with Crippen molar-refractivity contribution in [2.24, 2.45) is 0 Å². The molecule has 3 rings (SSSR count). The van der Waals surface area contributed by atoms with Crippen molar-refractivity contribution in [1.82, 2.24) is 10.3 Å². The standard InChI is InChI=1S/C15H18N2/c1-2-6-15-12(4-1)7-8-14(17-15)5-3-11-16-13-9-10-13/h1-2,4,6-8,13,16H,3,5,9-11H2. The molecule has 1 N–H and O–H groups in total. The molecular weight excluding hydrogens is 208 g/mol. The van der Waals surface area contributed by atoms with E-state index in [0.717, 1.165) is 24.5 Å². The molecule has 1 aromatic carbocycles. The van der Waals surface area contributed by atoms with Crippen LogP contribution in [0.1, 0.15) is 25.0 Å². The van der Waals surface area contributed by atoms with Crippen molar-refractivity contribution in [3.05, 3.63) is 42.1 Å². The van der Waals surface area contributed by atoms with Gasteiger partial charge in [-0.25, -0.2) is 0 Å². The molecule has 0 atom stereocenters. The molecule has 0 radical (unpaired) electrons. The lowest BCUT2D eigenvalue weighted by Gasteiger charge is -2.04. The third-order valence-corrected chi connectivity index (χ3v) is 3.28. The fourth-order valence-electron chi connectivity index (χ4n) is 2.11. The van der Waals surface area contributed by atoms with Gasteiger partial charge in [-0.15, -0.1) is 0 Å². The highest BCUT2D eigenvalue weighted by Crippen LogP contribution is 2.18. The summed E-state index contributed by atoms with van der Waals surface area (Å²) >= 11 is 0. The minimum atomic E-state index is 0.819. The summed E-state index contributed by atoms with van der Waals surface area (Å²) in [6, 6.07) is 13.4. The first-order valence-corrected chi connectivity index (χ1v) is 6.50. The second kappa shape index (κ2) is 4.84. The Hall–Kier alpha value is -1.41. The van der Waals surface area contributed by atoms with E-state index in [2.05, 4.69) is 40.6 Å². The van der Waals surface area contributed by atoms with Gasteiger partial charge in [-0.05, 0) is 44.4 Å². The van der Waals surface area contributed by atoms with E-state index in [-0.39, 0.29) is 0 Å². The number of hydrogen-bond donors (Lipinski definition) is 1. The fourth-order valence-corrected chi connectivity index (χ4v) is 2.11. The zero-order chi connectivity index (χ0) is 11.5. The van der Waals surface area contributed by atoms with Gasteiger partial charge >= 0.3 is 0 Å². The van der Waals surface area contributed by atoms with Gasteiger partial charge in [0, 0.05) is 17.1 Å². The summed E-state index contributed by atoms with van der Waals surface area (Å²) in [5.41, 5.74) is 2.32. The smallest absolute Gasteiger partial charge is 0.0705 e. The molecule has 2 nitrogen and oxygen atoms in total. The minimum Gasteiger partial charge on any atom is -0.314 e. The van der Waals surface area contributed by atoms with E-state index in [4.69, 9.17) is 0 Å². The summed E-state index contributed by atoms with van der Waals surface area (Å²) in [7, 11) is 0. The molecule has 1 aliphatic rings. The lowest BCUT2D eigenvalue weighted by Crippen LogP contribution is -2.17. The molecular formula is C15H18N2. The topological polar surface area (TPSA) is 24.9 Å². The highest BCUT2D eigenvalue weighted by Gasteiger charge is 2.19. The number of nitrogens with one attached hydrogen (secondary N) is 1. The predicted octanol–water partition coefficient (Wildman–Crippen LogP) is 2.92. The highest BCUT2D eigenvalue weighted by atomic mass is 14.9. The Bertz CT molecular complexity index is 503. The first-order valence-electron chi connectivity index (χ1n) is 6.50. The molecule has 0 unspecified atom stereocenters. The quantitative estimate of drug-likeness (QED) is 0.793. The van der Waals surface area contributed by atoms with Gasteiger partial charge in [0.05, 0.1) is 5.52 Å². The van der Waals surface area contributed by atoms with Gasteiger partial charge in [0.1, 0.15) is 0 Å². The third-order valence-electron chi connectivity index (χ3n) is 3.28. The number of rotatable bonds is 5. The Morgan fingerprint density at radius 1 is 1.12 bits per heavy atom. The number of para-hydroxylation sites is 1. The Kier molecular flexibility index (Phi) is 3.06. The average molecular weight is 226 g/mol. The van der Waals surface area contributed by atoms with Crippen molar-refractivity contribution in [2.75, 3.05) is 6.54 Å². The summed E-state index contributed by atoms with van der Waals surface area (Å²) < 4.78 is 0. The molecule has 1 aromatic heterocycles. The van der Waals surface area contributed by atoms with Crippen LogP contribution in [0.15, 0.2) is 36.4 Å². The largest absolute Gasteiger partial charge is 0.314 e. The zero-order valence-corrected chi connectivity index (χ0v) is 10.0. The second-order valence-corrected chi connectivity index (χ2v) is 4.83. The van der Waals surface area contributed by atoms with Crippen molar-refractivity contribution < 1.29 is 0 Å². The van der Waals surface area contributed by atoms with Crippen LogP contribution < -0.4 is 5.32 Å². The number of aromatic nitrogens is 1. The second-order valence-electron chi connectivity index (χ2n) is 4.83. The van der Waals surface area contributed by atoms with Crippen LogP contribution in [0.5, 0.6) is 0 Å². The van der Waals surface area contributed by atoms with E-state index < -0.39 is 0 Å². The van der Waals surface area contributed by atoms with Gasteiger partial charge in [-0.2, -0.15) is 0 Å². The van der Waals surface area contributed by atoms with Crippen molar-refractivity contribution in [3.63, 3.8) is 0 Å². The maximum atomic E-state index is 4.68. The molecule has 2 heteroatoms. The van der Waals surface area contributed by atoms with E-state index in [1.54, 1.807) is 0 Å². The maximum absolute atomic E-state index is 4.68. The van der Waals surface area contributed by atoms with Crippen molar-refractivity contribution >= 4 is 10.9 Å². The number of aryl methyl sites for hydroxylation is 1. The summed E-state index contributed by atoms with van der Waals surface area (Å²) in [5, 5.41) is 4.77. The Balaban J connectivity index is 1.59. The molecule has 0 bridgehead atoms. The van der Waals surface area contributed by atoms with E-state index in [0.29, 0.717) is 0 Å². The SMILES string of the molecule is c1ccc2nc(CCCNC3CC3)ccc2c1. The molecule has 1 fully saturated rings. The summed E-state index contributed by atoms with van der Waals surface area (Å²) in [6.45, 7) is 1.12. The number of fused-ring (bicyclic) bond motifs is 1. The Morgan fingerprint density at radius 3 is 2.88 bits per heavy atom. The van der Waals surface area contributed by atoms with Crippen LogP contribution in [-0.2, 0) is 6.42 Å². The number of nitrogens with zero attached hydrogens (tertiary/aromatic N) is 1. The normalized spacial score (nSPS) is 15.3. The highest BCUT2D eigenvalue weighted by molar-refractivity contribution is 5.78. The average Bonchev–Trinajstić information content (AvgIpc) is 3.18. The third kappa shape index (κ3) is 2.83. The fraction of sp³-hybridized carbons (Fsp3) is 0.400.